The second kappa shape index (κ2) is 6.06. The number of fused-ring (bicyclic) bond motifs is 1. The summed E-state index contributed by atoms with van der Waals surface area (Å²) in [6.07, 6.45) is 0.809. The molecule has 0 saturated carbocycles. The van der Waals surface area contributed by atoms with Gasteiger partial charge in [-0.25, -0.2) is 0 Å². The molecule has 0 spiro atoms. The number of anilines is 1. The van der Waals surface area contributed by atoms with Gasteiger partial charge >= 0.3 is 0 Å². The van der Waals surface area contributed by atoms with Crippen LogP contribution >= 0.6 is 0 Å². The molecule has 0 aliphatic carbocycles. The van der Waals surface area contributed by atoms with Crippen molar-refractivity contribution in [1.29, 1.82) is 0 Å². The predicted octanol–water partition coefficient (Wildman–Crippen LogP) is 3.35. The number of hydrogen-bond acceptors (Lipinski definition) is 3. The van der Waals surface area contributed by atoms with Gasteiger partial charge in [0, 0.05) is 20.3 Å². The van der Waals surface area contributed by atoms with Crippen molar-refractivity contribution in [2.75, 3.05) is 25.2 Å². The molecule has 0 aromatic heterocycles. The summed E-state index contributed by atoms with van der Waals surface area (Å²) in [6.45, 7) is 9.22. The summed E-state index contributed by atoms with van der Waals surface area (Å²) in [5, 5.41) is 0. The minimum atomic E-state index is -0.820. The molecule has 1 heterocycles. The van der Waals surface area contributed by atoms with Crippen LogP contribution in [0, 0.1) is 0 Å². The van der Waals surface area contributed by atoms with E-state index in [4.69, 9.17) is 9.47 Å². The second-order valence-electron chi connectivity index (χ2n) is 6.30. The Morgan fingerprint density at radius 3 is 2.67 bits per heavy atom. The fourth-order valence-corrected chi connectivity index (χ4v) is 2.53. The number of rotatable bonds is 5. The van der Waals surface area contributed by atoms with Crippen LogP contribution in [-0.4, -0.2) is 31.8 Å². The number of carbonyl (C=O) groups is 1. The van der Waals surface area contributed by atoms with E-state index in [-0.39, 0.29) is 5.91 Å². The predicted molar refractivity (Wildman–Crippen MR) is 84.1 cm³/mol. The van der Waals surface area contributed by atoms with Gasteiger partial charge in [0.2, 0.25) is 0 Å². The van der Waals surface area contributed by atoms with Gasteiger partial charge in [-0.1, -0.05) is 19.9 Å². The molecule has 2 rings (SSSR count). The number of benzene rings is 1. The Labute approximate surface area is 127 Å². The molecule has 1 aromatic rings. The summed E-state index contributed by atoms with van der Waals surface area (Å²) in [5.41, 5.74) is 1.27. The lowest BCUT2D eigenvalue weighted by Crippen LogP contribution is -2.52. The van der Waals surface area contributed by atoms with Gasteiger partial charge in [-0.3, -0.25) is 4.79 Å². The van der Waals surface area contributed by atoms with Gasteiger partial charge in [-0.2, -0.15) is 0 Å². The number of ether oxygens (including phenoxy) is 2. The number of hydrogen-bond donors (Lipinski definition) is 0. The maximum Gasteiger partial charge on any atom is 0.270 e. The van der Waals surface area contributed by atoms with Crippen LogP contribution in [0.3, 0.4) is 0 Å². The highest BCUT2D eigenvalue weighted by Gasteiger charge is 2.40. The van der Waals surface area contributed by atoms with Gasteiger partial charge in [-0.15, -0.1) is 0 Å². The molecule has 1 aliphatic rings. The van der Waals surface area contributed by atoms with Crippen molar-refractivity contribution in [3.8, 4) is 5.75 Å². The normalized spacial score (nSPS) is 16.9. The summed E-state index contributed by atoms with van der Waals surface area (Å²) in [7, 11) is 1.68. The third-order valence-corrected chi connectivity index (χ3v) is 3.80. The molecule has 1 aromatic carbocycles. The lowest BCUT2D eigenvalue weighted by atomic mass is 9.98. The maximum atomic E-state index is 12.6. The molecule has 0 fully saturated rings. The van der Waals surface area contributed by atoms with E-state index >= 15 is 0 Å². The molecule has 21 heavy (non-hydrogen) atoms. The Morgan fingerprint density at radius 2 is 2.05 bits per heavy atom. The third-order valence-electron chi connectivity index (χ3n) is 3.80. The Morgan fingerprint density at radius 1 is 1.33 bits per heavy atom. The quantitative estimate of drug-likeness (QED) is 0.781. The summed E-state index contributed by atoms with van der Waals surface area (Å²) in [5.74, 6) is 1.20. The van der Waals surface area contributed by atoms with Crippen LogP contribution in [0.2, 0.25) is 0 Å². The Hall–Kier alpha value is -1.55. The van der Waals surface area contributed by atoms with Crippen LogP contribution in [0.1, 0.15) is 45.6 Å². The molecule has 0 bridgehead atoms. The van der Waals surface area contributed by atoms with Crippen LogP contribution in [0.25, 0.3) is 0 Å². The van der Waals surface area contributed by atoms with Gasteiger partial charge < -0.3 is 14.4 Å². The van der Waals surface area contributed by atoms with Gasteiger partial charge in [0.05, 0.1) is 5.69 Å². The molecule has 0 saturated heterocycles. The second-order valence-corrected chi connectivity index (χ2v) is 6.30. The average molecular weight is 291 g/mol. The van der Waals surface area contributed by atoms with E-state index in [0.717, 1.165) is 17.9 Å². The molecule has 0 atom stereocenters. The molecule has 1 amide bonds. The van der Waals surface area contributed by atoms with Crippen molar-refractivity contribution in [3.05, 3.63) is 23.8 Å². The van der Waals surface area contributed by atoms with E-state index in [1.807, 2.05) is 24.8 Å². The fourth-order valence-electron chi connectivity index (χ4n) is 2.53. The van der Waals surface area contributed by atoms with Crippen LogP contribution in [0.4, 0.5) is 5.69 Å². The standard InChI is InChI=1S/C17H25NO3/c1-12(2)13-7-8-15-14(11-13)18(9-6-10-20-5)16(19)17(3,4)21-15/h7-8,11-12H,6,9-10H2,1-5H3. The SMILES string of the molecule is COCCCN1C(=O)C(C)(C)Oc2ccc(C(C)C)cc21. The van der Waals surface area contributed by atoms with Gasteiger partial charge in [-0.05, 0) is 43.9 Å². The summed E-state index contributed by atoms with van der Waals surface area (Å²) >= 11 is 0. The summed E-state index contributed by atoms with van der Waals surface area (Å²) in [6, 6.07) is 6.12. The molecule has 0 unspecified atom stereocenters. The minimum Gasteiger partial charge on any atom is -0.476 e. The molecular weight excluding hydrogens is 266 g/mol. The average Bonchev–Trinajstić information content (AvgIpc) is 2.42. The Balaban J connectivity index is 2.38. The minimum absolute atomic E-state index is 0.00649. The molecule has 4 heteroatoms. The van der Waals surface area contributed by atoms with E-state index in [2.05, 4.69) is 26.0 Å². The third kappa shape index (κ3) is 3.21. The Kier molecular flexibility index (Phi) is 4.57. The Bertz CT molecular complexity index is 523. The lowest BCUT2D eigenvalue weighted by molar-refractivity contribution is -0.132. The van der Waals surface area contributed by atoms with E-state index in [9.17, 15) is 4.79 Å². The first-order valence-electron chi connectivity index (χ1n) is 7.50. The maximum absolute atomic E-state index is 12.6. The topological polar surface area (TPSA) is 38.8 Å². The first-order valence-corrected chi connectivity index (χ1v) is 7.50. The van der Waals surface area contributed by atoms with Crippen molar-refractivity contribution in [2.24, 2.45) is 0 Å². The van der Waals surface area contributed by atoms with Crippen molar-refractivity contribution < 1.29 is 14.3 Å². The highest BCUT2D eigenvalue weighted by Crippen LogP contribution is 2.39. The zero-order valence-electron chi connectivity index (χ0n) is 13.6. The summed E-state index contributed by atoms with van der Waals surface area (Å²) in [4.78, 5) is 14.5. The van der Waals surface area contributed by atoms with Gasteiger partial charge in [0.15, 0.2) is 5.60 Å². The first-order chi connectivity index (χ1) is 9.86. The molecule has 1 aliphatic heterocycles. The van der Waals surface area contributed by atoms with E-state index in [1.54, 1.807) is 7.11 Å². The van der Waals surface area contributed by atoms with Crippen LogP contribution in [-0.2, 0) is 9.53 Å². The van der Waals surface area contributed by atoms with E-state index in [0.29, 0.717) is 19.1 Å². The number of carbonyl (C=O) groups excluding carboxylic acids is 1. The zero-order chi connectivity index (χ0) is 15.6. The number of amides is 1. The molecule has 0 N–H and O–H groups in total. The smallest absolute Gasteiger partial charge is 0.270 e. The van der Waals surface area contributed by atoms with Crippen LogP contribution in [0.5, 0.6) is 5.75 Å². The van der Waals surface area contributed by atoms with Crippen molar-refractivity contribution in [1.82, 2.24) is 0 Å². The van der Waals surface area contributed by atoms with Crippen LogP contribution < -0.4 is 9.64 Å². The fraction of sp³-hybridized carbons (Fsp3) is 0.588. The first kappa shape index (κ1) is 15.8. The lowest BCUT2D eigenvalue weighted by Gasteiger charge is -2.39. The molecule has 4 nitrogen and oxygen atoms in total. The molecule has 0 radical (unpaired) electrons. The van der Waals surface area contributed by atoms with E-state index < -0.39 is 5.60 Å². The van der Waals surface area contributed by atoms with Gasteiger partial charge in [0.25, 0.3) is 5.91 Å². The number of nitrogens with zero attached hydrogens (tertiary/aromatic N) is 1. The monoisotopic (exact) mass is 291 g/mol. The number of methoxy groups -OCH3 is 1. The van der Waals surface area contributed by atoms with Crippen LogP contribution in [0.15, 0.2) is 18.2 Å². The highest BCUT2D eigenvalue weighted by atomic mass is 16.5. The van der Waals surface area contributed by atoms with Crippen molar-refractivity contribution >= 4 is 11.6 Å². The van der Waals surface area contributed by atoms with E-state index in [1.165, 1.54) is 5.56 Å². The highest BCUT2D eigenvalue weighted by molar-refractivity contribution is 6.02. The molecular formula is C17H25NO3. The zero-order valence-corrected chi connectivity index (χ0v) is 13.6. The summed E-state index contributed by atoms with van der Waals surface area (Å²) < 4.78 is 11.0. The van der Waals surface area contributed by atoms with Crippen molar-refractivity contribution in [3.63, 3.8) is 0 Å². The largest absolute Gasteiger partial charge is 0.476 e. The van der Waals surface area contributed by atoms with Gasteiger partial charge in [0.1, 0.15) is 5.75 Å². The van der Waals surface area contributed by atoms with Crippen molar-refractivity contribution in [2.45, 2.75) is 45.6 Å². The molecule has 116 valence electrons.